The first-order chi connectivity index (χ1) is 3.43. The first kappa shape index (κ1) is 4.85. The molecule has 0 saturated carbocycles. The highest BCUT2D eigenvalue weighted by Gasteiger charge is 2.15. The minimum absolute atomic E-state index is 0.456. The monoisotopic (exact) mass is 97.1 g/mol. The molecule has 1 aliphatic rings. The van der Waals surface area contributed by atoms with E-state index in [9.17, 15) is 0 Å². The third kappa shape index (κ3) is 1.03. The quantitative estimate of drug-likeness (QED) is 0.474. The molecule has 1 aliphatic heterocycles. The highest BCUT2D eigenvalue weighted by atomic mass is 16.5. The predicted octanol–water partition coefficient (Wildman–Crippen LogP) is 1.51. The Hall–Kier alpha value is -0.300. The van der Waals surface area contributed by atoms with E-state index in [1.165, 1.54) is 0 Å². The molecule has 1 saturated heterocycles. The Bertz CT molecular complexity index is 64.6. The van der Waals surface area contributed by atoms with Gasteiger partial charge in [0.1, 0.15) is 0 Å². The van der Waals surface area contributed by atoms with Crippen molar-refractivity contribution in [3.63, 3.8) is 0 Å². The normalized spacial score (nSPS) is 28.9. The van der Waals surface area contributed by atoms with Crippen molar-refractivity contribution < 1.29 is 4.74 Å². The molecule has 0 N–H and O–H groups in total. The van der Waals surface area contributed by atoms with E-state index in [0.717, 1.165) is 12.8 Å². The third-order valence-corrected chi connectivity index (χ3v) is 1.08. The molecule has 0 aromatic rings. The fourth-order valence-electron chi connectivity index (χ4n) is 0.570. The molecule has 0 bridgehead atoms. The summed E-state index contributed by atoms with van der Waals surface area (Å²) in [5.41, 5.74) is 0. The Kier molecular flexibility index (Phi) is 1.47. The van der Waals surface area contributed by atoms with Crippen LogP contribution >= 0.6 is 0 Å². The van der Waals surface area contributed by atoms with Gasteiger partial charge in [0.05, 0.1) is 12.7 Å². The molecular formula is C6H9O. The summed E-state index contributed by atoms with van der Waals surface area (Å²) in [6, 6.07) is 0. The lowest BCUT2D eigenvalue weighted by molar-refractivity contribution is 0.0115. The van der Waals surface area contributed by atoms with Crippen LogP contribution < -0.4 is 0 Å². The van der Waals surface area contributed by atoms with Crippen molar-refractivity contribution in [2.24, 2.45) is 0 Å². The van der Waals surface area contributed by atoms with Crippen molar-refractivity contribution >= 4 is 0 Å². The Morgan fingerprint density at radius 1 is 2.00 bits per heavy atom. The van der Waals surface area contributed by atoms with Gasteiger partial charge in [0.2, 0.25) is 0 Å². The predicted molar refractivity (Wildman–Crippen MR) is 28.6 cm³/mol. The van der Waals surface area contributed by atoms with Crippen LogP contribution in [0.15, 0.2) is 12.7 Å². The number of rotatable bonds is 2. The Morgan fingerprint density at radius 3 is 2.86 bits per heavy atom. The first-order valence-corrected chi connectivity index (χ1v) is 2.51. The van der Waals surface area contributed by atoms with Crippen LogP contribution in [0.3, 0.4) is 0 Å². The molecule has 1 heterocycles. The smallest absolute Gasteiger partial charge is 0.0866 e. The molecule has 1 heteroatoms. The maximum absolute atomic E-state index is 4.97. The van der Waals surface area contributed by atoms with Gasteiger partial charge in [-0.1, -0.05) is 6.08 Å². The minimum Gasteiger partial charge on any atom is -0.372 e. The van der Waals surface area contributed by atoms with Gasteiger partial charge in [-0.3, -0.25) is 0 Å². The van der Waals surface area contributed by atoms with Crippen molar-refractivity contribution in [1.82, 2.24) is 0 Å². The van der Waals surface area contributed by atoms with Crippen LogP contribution in [0.4, 0.5) is 0 Å². The van der Waals surface area contributed by atoms with E-state index >= 15 is 0 Å². The van der Waals surface area contributed by atoms with Crippen LogP contribution in [0.2, 0.25) is 0 Å². The van der Waals surface area contributed by atoms with Gasteiger partial charge in [-0.25, -0.2) is 0 Å². The molecule has 1 nitrogen and oxygen atoms in total. The van der Waals surface area contributed by atoms with Gasteiger partial charge in [-0.2, -0.15) is 0 Å². The number of hydrogen-bond donors (Lipinski definition) is 0. The van der Waals surface area contributed by atoms with Crippen molar-refractivity contribution in [3.8, 4) is 0 Å². The Balaban J connectivity index is 2.03. The van der Waals surface area contributed by atoms with Crippen LogP contribution in [0.25, 0.3) is 0 Å². The summed E-state index contributed by atoms with van der Waals surface area (Å²) in [5.74, 6) is 0. The molecule has 0 amide bonds. The zero-order valence-corrected chi connectivity index (χ0v) is 4.26. The summed E-state index contributed by atoms with van der Waals surface area (Å²) in [5, 5.41) is 0. The Labute approximate surface area is 44.0 Å². The molecule has 0 spiro atoms. The van der Waals surface area contributed by atoms with Crippen molar-refractivity contribution in [2.45, 2.75) is 18.9 Å². The van der Waals surface area contributed by atoms with E-state index in [1.54, 1.807) is 0 Å². The zero-order chi connectivity index (χ0) is 5.11. The molecule has 0 aromatic carbocycles. The molecule has 39 valence electrons. The first-order valence-electron chi connectivity index (χ1n) is 2.51. The number of ether oxygens (including phenoxy) is 1. The molecule has 1 unspecified atom stereocenters. The van der Waals surface area contributed by atoms with Gasteiger partial charge in [-0.15, -0.1) is 6.58 Å². The van der Waals surface area contributed by atoms with E-state index in [1.807, 2.05) is 12.7 Å². The van der Waals surface area contributed by atoms with Crippen LogP contribution in [0.1, 0.15) is 12.8 Å². The second-order valence-corrected chi connectivity index (χ2v) is 1.68. The summed E-state index contributed by atoms with van der Waals surface area (Å²) < 4.78 is 4.97. The van der Waals surface area contributed by atoms with E-state index < -0.39 is 0 Å². The average Bonchev–Trinajstić information content (AvgIpc) is 1.55. The second-order valence-electron chi connectivity index (χ2n) is 1.68. The summed E-state index contributed by atoms with van der Waals surface area (Å²) in [4.78, 5) is 0. The maximum Gasteiger partial charge on any atom is 0.0866 e. The van der Waals surface area contributed by atoms with Crippen molar-refractivity contribution in [2.75, 3.05) is 0 Å². The van der Waals surface area contributed by atoms with E-state index in [4.69, 9.17) is 4.74 Å². The van der Waals surface area contributed by atoms with E-state index in [0.29, 0.717) is 6.10 Å². The van der Waals surface area contributed by atoms with Gasteiger partial charge in [0, 0.05) is 6.42 Å². The fourth-order valence-corrected chi connectivity index (χ4v) is 0.570. The van der Waals surface area contributed by atoms with Crippen molar-refractivity contribution in [1.29, 1.82) is 0 Å². The van der Waals surface area contributed by atoms with Gasteiger partial charge in [0.25, 0.3) is 0 Å². The van der Waals surface area contributed by atoms with Crippen molar-refractivity contribution in [3.05, 3.63) is 19.3 Å². The van der Waals surface area contributed by atoms with Gasteiger partial charge in [-0.05, 0) is 6.42 Å². The molecule has 1 radical (unpaired) electrons. The zero-order valence-electron chi connectivity index (χ0n) is 4.26. The van der Waals surface area contributed by atoms with Crippen LogP contribution in [0, 0.1) is 6.61 Å². The second kappa shape index (κ2) is 2.12. The lowest BCUT2D eigenvalue weighted by Gasteiger charge is -2.23. The molecular weight excluding hydrogens is 88.1 g/mol. The number of hydrogen-bond acceptors (Lipinski definition) is 1. The minimum atomic E-state index is 0.456. The summed E-state index contributed by atoms with van der Waals surface area (Å²) in [7, 11) is 0. The van der Waals surface area contributed by atoms with Crippen LogP contribution in [0.5, 0.6) is 0 Å². The van der Waals surface area contributed by atoms with E-state index in [2.05, 4.69) is 6.58 Å². The summed E-state index contributed by atoms with van der Waals surface area (Å²) in [6.45, 7) is 5.42. The topological polar surface area (TPSA) is 9.23 Å². The van der Waals surface area contributed by atoms with Gasteiger partial charge < -0.3 is 4.74 Å². The summed E-state index contributed by atoms with van der Waals surface area (Å²) >= 11 is 0. The summed E-state index contributed by atoms with van der Waals surface area (Å²) in [6.07, 6.45) is 4.44. The average molecular weight is 97.1 g/mol. The molecule has 0 aliphatic carbocycles. The van der Waals surface area contributed by atoms with E-state index in [-0.39, 0.29) is 0 Å². The molecule has 0 aromatic heterocycles. The standard InChI is InChI=1S/C6H9O/c1-2-3-6-4-5-7-6/h2,5-6H,1,3-4H2. The Morgan fingerprint density at radius 2 is 2.71 bits per heavy atom. The van der Waals surface area contributed by atoms with Crippen LogP contribution in [-0.4, -0.2) is 6.10 Å². The van der Waals surface area contributed by atoms with Crippen LogP contribution in [-0.2, 0) is 4.74 Å². The third-order valence-electron chi connectivity index (χ3n) is 1.08. The molecule has 1 rings (SSSR count). The molecule has 1 fully saturated rings. The maximum atomic E-state index is 4.97. The lowest BCUT2D eigenvalue weighted by Crippen LogP contribution is -2.20. The highest BCUT2D eigenvalue weighted by molar-refractivity contribution is 4.82. The SMILES string of the molecule is C=CCC1C[CH]O1. The highest BCUT2D eigenvalue weighted by Crippen LogP contribution is 2.18. The molecule has 1 atom stereocenters. The molecule has 7 heavy (non-hydrogen) atoms. The lowest BCUT2D eigenvalue weighted by atomic mass is 10.1. The van der Waals surface area contributed by atoms with Gasteiger partial charge >= 0.3 is 0 Å². The largest absolute Gasteiger partial charge is 0.372 e. The fraction of sp³-hybridized carbons (Fsp3) is 0.500. The van der Waals surface area contributed by atoms with Gasteiger partial charge in [0.15, 0.2) is 0 Å².